The second-order valence-electron chi connectivity index (χ2n) is 5.80. The van der Waals surface area contributed by atoms with Crippen molar-refractivity contribution >= 4 is 5.91 Å². The molecule has 132 valence electrons. The number of ether oxygens (including phenoxy) is 1. The maximum absolute atomic E-state index is 12.7. The van der Waals surface area contributed by atoms with Gasteiger partial charge in [0.15, 0.2) is 5.43 Å². The Kier molecular flexibility index (Phi) is 5.12. The van der Waals surface area contributed by atoms with Crippen LogP contribution in [0.5, 0.6) is 5.75 Å². The third-order valence-electron chi connectivity index (χ3n) is 4.01. The van der Waals surface area contributed by atoms with Crippen molar-refractivity contribution < 1.29 is 9.53 Å². The maximum Gasteiger partial charge on any atom is 0.257 e. The number of methoxy groups -OCH3 is 1. The van der Waals surface area contributed by atoms with Gasteiger partial charge in [0.2, 0.25) is 0 Å². The molecule has 0 spiro atoms. The van der Waals surface area contributed by atoms with Gasteiger partial charge in [-0.05, 0) is 25.1 Å². The number of nitrogens with one attached hydrogen (secondary N) is 2. The molecule has 2 aromatic heterocycles. The highest BCUT2D eigenvalue weighted by atomic mass is 16.5. The first-order valence-corrected chi connectivity index (χ1v) is 8.14. The quantitative estimate of drug-likeness (QED) is 0.742. The maximum atomic E-state index is 12.7. The molecule has 6 heteroatoms. The van der Waals surface area contributed by atoms with Crippen molar-refractivity contribution in [3.8, 4) is 5.75 Å². The molecule has 1 amide bonds. The number of pyridine rings is 2. The Bertz CT molecular complexity index is 967. The molecular formula is C20H19N3O3. The summed E-state index contributed by atoms with van der Waals surface area (Å²) < 4.78 is 5.43. The molecule has 3 aromatic rings. The predicted octanol–water partition coefficient (Wildman–Crippen LogP) is 2.61. The number of aryl methyl sites for hydroxylation is 1. The smallest absolute Gasteiger partial charge is 0.257 e. The van der Waals surface area contributed by atoms with Crippen LogP contribution < -0.4 is 15.5 Å². The fraction of sp³-hybridized carbons (Fsp3) is 0.150. The average molecular weight is 349 g/mol. The number of hydrogen-bond acceptors (Lipinski definition) is 4. The summed E-state index contributed by atoms with van der Waals surface area (Å²) in [6, 6.07) is 13.7. The highest BCUT2D eigenvalue weighted by Crippen LogP contribution is 2.29. The standard InChI is InChI=1S/C20H19N3O3/c1-13-11-17(24)15(12-22-13)20(25)23-19(16-8-5-6-10-21-16)14-7-3-4-9-18(14)26-2/h3-12,19H,1-2H3,(H,22,24)(H,23,25)/t19-/m0/s1. The Morgan fingerprint density at radius 3 is 2.65 bits per heavy atom. The van der Waals surface area contributed by atoms with E-state index in [1.165, 1.54) is 12.3 Å². The average Bonchev–Trinajstić information content (AvgIpc) is 2.66. The first-order chi connectivity index (χ1) is 12.6. The normalized spacial score (nSPS) is 11.6. The summed E-state index contributed by atoms with van der Waals surface area (Å²) in [5, 5.41) is 2.90. The van der Waals surface area contributed by atoms with E-state index in [4.69, 9.17) is 4.74 Å². The lowest BCUT2D eigenvalue weighted by Gasteiger charge is -2.21. The Hall–Kier alpha value is -3.41. The van der Waals surface area contributed by atoms with E-state index in [0.717, 1.165) is 5.56 Å². The summed E-state index contributed by atoms with van der Waals surface area (Å²) in [6.45, 7) is 1.76. The summed E-state index contributed by atoms with van der Waals surface area (Å²) in [5.74, 6) is 0.147. The second kappa shape index (κ2) is 7.65. The molecule has 1 aromatic carbocycles. The second-order valence-corrected chi connectivity index (χ2v) is 5.80. The Morgan fingerprint density at radius 2 is 1.96 bits per heavy atom. The molecule has 1 atom stereocenters. The van der Waals surface area contributed by atoms with E-state index in [0.29, 0.717) is 17.1 Å². The molecule has 2 heterocycles. The van der Waals surface area contributed by atoms with Gasteiger partial charge >= 0.3 is 0 Å². The van der Waals surface area contributed by atoms with Gasteiger partial charge in [-0.25, -0.2) is 0 Å². The van der Waals surface area contributed by atoms with Crippen molar-refractivity contribution in [1.29, 1.82) is 0 Å². The largest absolute Gasteiger partial charge is 0.496 e. The van der Waals surface area contributed by atoms with Gasteiger partial charge in [-0.3, -0.25) is 14.6 Å². The summed E-state index contributed by atoms with van der Waals surface area (Å²) >= 11 is 0. The number of aromatic amines is 1. The first-order valence-electron chi connectivity index (χ1n) is 8.14. The van der Waals surface area contributed by atoms with Gasteiger partial charge in [-0.15, -0.1) is 0 Å². The Morgan fingerprint density at radius 1 is 1.19 bits per heavy atom. The molecule has 0 aliphatic carbocycles. The van der Waals surface area contributed by atoms with Crippen LogP contribution in [0.15, 0.2) is 65.7 Å². The van der Waals surface area contributed by atoms with Crippen LogP contribution in [0, 0.1) is 6.92 Å². The van der Waals surface area contributed by atoms with E-state index >= 15 is 0 Å². The minimum absolute atomic E-state index is 0.0476. The number of carbonyl (C=O) groups is 1. The Balaban J connectivity index is 2.02. The number of amides is 1. The molecule has 0 saturated heterocycles. The van der Waals surface area contributed by atoms with Crippen LogP contribution in [0.2, 0.25) is 0 Å². The molecule has 6 nitrogen and oxygen atoms in total. The van der Waals surface area contributed by atoms with Crippen molar-refractivity contribution in [2.45, 2.75) is 13.0 Å². The molecule has 3 rings (SSSR count). The van der Waals surface area contributed by atoms with Crippen LogP contribution in [-0.4, -0.2) is 23.0 Å². The summed E-state index contributed by atoms with van der Waals surface area (Å²) in [7, 11) is 1.57. The zero-order valence-electron chi connectivity index (χ0n) is 14.5. The van der Waals surface area contributed by atoms with E-state index in [1.54, 1.807) is 26.3 Å². The minimum atomic E-state index is -0.555. The van der Waals surface area contributed by atoms with E-state index < -0.39 is 11.9 Å². The number of para-hydroxylation sites is 1. The zero-order valence-corrected chi connectivity index (χ0v) is 14.5. The van der Waals surface area contributed by atoms with Gasteiger partial charge in [-0.1, -0.05) is 24.3 Å². The molecule has 0 aliphatic rings. The number of rotatable bonds is 5. The van der Waals surface area contributed by atoms with Crippen molar-refractivity contribution in [2.75, 3.05) is 7.11 Å². The van der Waals surface area contributed by atoms with Crippen LogP contribution >= 0.6 is 0 Å². The summed E-state index contributed by atoms with van der Waals surface area (Å²) in [4.78, 5) is 32.1. The number of nitrogens with zero attached hydrogens (tertiary/aromatic N) is 1. The number of benzene rings is 1. The van der Waals surface area contributed by atoms with E-state index in [1.807, 2.05) is 36.4 Å². The SMILES string of the molecule is COc1ccccc1[C@H](NC(=O)c1c[nH]c(C)cc1=O)c1ccccn1. The number of aromatic nitrogens is 2. The van der Waals surface area contributed by atoms with Crippen molar-refractivity contribution in [3.63, 3.8) is 0 Å². The topological polar surface area (TPSA) is 84.1 Å². The molecule has 26 heavy (non-hydrogen) atoms. The molecule has 0 fully saturated rings. The van der Waals surface area contributed by atoms with E-state index in [-0.39, 0.29) is 11.0 Å². The van der Waals surface area contributed by atoms with Crippen molar-refractivity contribution in [1.82, 2.24) is 15.3 Å². The lowest BCUT2D eigenvalue weighted by Crippen LogP contribution is -2.33. The minimum Gasteiger partial charge on any atom is -0.496 e. The fourth-order valence-electron chi connectivity index (χ4n) is 2.72. The molecule has 0 saturated carbocycles. The van der Waals surface area contributed by atoms with Crippen LogP contribution in [0.25, 0.3) is 0 Å². The summed E-state index contributed by atoms with van der Waals surface area (Å²) in [6.07, 6.45) is 3.08. The van der Waals surface area contributed by atoms with Crippen molar-refractivity contribution in [3.05, 3.63) is 93.7 Å². The molecule has 0 radical (unpaired) electrons. The molecule has 0 aliphatic heterocycles. The van der Waals surface area contributed by atoms with Gasteiger partial charge in [-0.2, -0.15) is 0 Å². The molecule has 0 bridgehead atoms. The Labute approximate surface area is 150 Å². The predicted molar refractivity (Wildman–Crippen MR) is 98.3 cm³/mol. The van der Waals surface area contributed by atoms with E-state index in [9.17, 15) is 9.59 Å². The first kappa shape index (κ1) is 17.4. The zero-order chi connectivity index (χ0) is 18.5. The highest BCUT2D eigenvalue weighted by Gasteiger charge is 2.23. The lowest BCUT2D eigenvalue weighted by molar-refractivity contribution is 0.0940. The number of hydrogen-bond donors (Lipinski definition) is 2. The number of H-pyrrole nitrogens is 1. The van der Waals surface area contributed by atoms with E-state index in [2.05, 4.69) is 15.3 Å². The van der Waals surface area contributed by atoms with Gasteiger partial charge in [0.25, 0.3) is 5.91 Å². The number of carbonyl (C=O) groups excluding carboxylic acids is 1. The van der Waals surface area contributed by atoms with Gasteiger partial charge in [0.05, 0.1) is 12.8 Å². The van der Waals surface area contributed by atoms with Crippen LogP contribution in [0.3, 0.4) is 0 Å². The monoisotopic (exact) mass is 349 g/mol. The molecule has 0 unspecified atom stereocenters. The highest BCUT2D eigenvalue weighted by molar-refractivity contribution is 5.94. The van der Waals surface area contributed by atoms with Crippen LogP contribution in [0.4, 0.5) is 0 Å². The van der Waals surface area contributed by atoms with Crippen LogP contribution in [-0.2, 0) is 0 Å². The third-order valence-corrected chi connectivity index (χ3v) is 4.01. The molecular weight excluding hydrogens is 330 g/mol. The third kappa shape index (κ3) is 3.64. The lowest BCUT2D eigenvalue weighted by atomic mass is 10.0. The fourth-order valence-corrected chi connectivity index (χ4v) is 2.72. The van der Waals surface area contributed by atoms with Gasteiger partial charge in [0, 0.05) is 29.7 Å². The molecule has 2 N–H and O–H groups in total. The van der Waals surface area contributed by atoms with Gasteiger partial charge in [0.1, 0.15) is 17.4 Å². The summed E-state index contributed by atoms with van der Waals surface area (Å²) in [5.41, 5.74) is 1.81. The van der Waals surface area contributed by atoms with Gasteiger partial charge < -0.3 is 15.0 Å². The van der Waals surface area contributed by atoms with Crippen molar-refractivity contribution in [2.24, 2.45) is 0 Å². The van der Waals surface area contributed by atoms with Crippen LogP contribution in [0.1, 0.15) is 33.4 Å².